The molecular formula is C34H27ClN2O4S. The lowest BCUT2D eigenvalue weighted by Crippen LogP contribution is -2.39. The van der Waals surface area contributed by atoms with Crippen LogP contribution in [0.2, 0.25) is 5.02 Å². The summed E-state index contributed by atoms with van der Waals surface area (Å²) in [5.41, 5.74) is 3.28. The molecule has 2 heterocycles. The van der Waals surface area contributed by atoms with Gasteiger partial charge in [-0.25, -0.2) is 9.79 Å². The van der Waals surface area contributed by atoms with Gasteiger partial charge in [-0.05, 0) is 71.7 Å². The van der Waals surface area contributed by atoms with Gasteiger partial charge in [0.1, 0.15) is 12.4 Å². The van der Waals surface area contributed by atoms with E-state index in [2.05, 4.69) is 29.3 Å². The van der Waals surface area contributed by atoms with E-state index in [1.165, 1.54) is 16.7 Å². The summed E-state index contributed by atoms with van der Waals surface area (Å²) in [6.45, 7) is 4.15. The van der Waals surface area contributed by atoms with Crippen LogP contribution >= 0.6 is 22.9 Å². The van der Waals surface area contributed by atoms with E-state index >= 15 is 0 Å². The third-order valence-electron chi connectivity index (χ3n) is 7.13. The minimum absolute atomic E-state index is 0.215. The number of allylic oxidation sites excluding steroid dienone is 1. The zero-order valence-electron chi connectivity index (χ0n) is 23.0. The van der Waals surface area contributed by atoms with Crippen LogP contribution in [0.1, 0.15) is 36.6 Å². The Hall–Kier alpha value is -4.46. The number of carbonyl (C=O) groups excluding carboxylic acids is 1. The zero-order chi connectivity index (χ0) is 29.2. The van der Waals surface area contributed by atoms with Crippen molar-refractivity contribution in [3.8, 4) is 5.75 Å². The molecule has 210 valence electrons. The summed E-state index contributed by atoms with van der Waals surface area (Å²) in [4.78, 5) is 32.1. The van der Waals surface area contributed by atoms with Gasteiger partial charge in [-0.2, -0.15) is 0 Å². The van der Waals surface area contributed by atoms with Crippen molar-refractivity contribution in [3.63, 3.8) is 0 Å². The van der Waals surface area contributed by atoms with Gasteiger partial charge >= 0.3 is 5.97 Å². The van der Waals surface area contributed by atoms with Crippen molar-refractivity contribution < 1.29 is 14.3 Å². The fourth-order valence-corrected chi connectivity index (χ4v) is 6.35. The van der Waals surface area contributed by atoms with E-state index in [1.54, 1.807) is 30.5 Å². The number of aromatic nitrogens is 1. The second kappa shape index (κ2) is 11.8. The number of nitrogens with zero attached hydrogens (tertiary/aromatic N) is 2. The van der Waals surface area contributed by atoms with E-state index in [0.29, 0.717) is 38.0 Å². The molecular weight excluding hydrogens is 568 g/mol. The van der Waals surface area contributed by atoms with Crippen LogP contribution in [0, 0.1) is 0 Å². The third-order valence-corrected chi connectivity index (χ3v) is 8.37. The molecule has 1 unspecified atom stereocenters. The van der Waals surface area contributed by atoms with Crippen molar-refractivity contribution in [1.29, 1.82) is 0 Å². The van der Waals surface area contributed by atoms with E-state index in [4.69, 9.17) is 21.1 Å². The molecule has 4 aromatic carbocycles. The highest BCUT2D eigenvalue weighted by atomic mass is 35.5. The second-order valence-electron chi connectivity index (χ2n) is 9.85. The second-order valence-corrected chi connectivity index (χ2v) is 11.3. The fourth-order valence-electron chi connectivity index (χ4n) is 5.18. The number of benzene rings is 4. The SMILES string of the molecule is CCOC(=O)C1=C(C)N=c2s/c(=C\c3cccc(OCc4cccc5ccccc45)c3)c(=O)n2C1c1ccc(Cl)cc1. The van der Waals surface area contributed by atoms with Gasteiger partial charge in [0.15, 0.2) is 4.80 Å². The molecule has 0 bridgehead atoms. The van der Waals surface area contributed by atoms with Crippen LogP contribution < -0.4 is 19.6 Å². The Bertz CT molecular complexity index is 2020. The molecule has 1 aliphatic heterocycles. The maximum absolute atomic E-state index is 13.9. The van der Waals surface area contributed by atoms with Gasteiger partial charge in [0, 0.05) is 5.02 Å². The summed E-state index contributed by atoms with van der Waals surface area (Å²) >= 11 is 7.43. The van der Waals surface area contributed by atoms with Crippen molar-refractivity contribution in [1.82, 2.24) is 4.57 Å². The van der Waals surface area contributed by atoms with E-state index < -0.39 is 12.0 Å². The molecule has 6 nitrogen and oxygen atoms in total. The molecule has 8 heteroatoms. The lowest BCUT2D eigenvalue weighted by atomic mass is 9.96. The lowest BCUT2D eigenvalue weighted by molar-refractivity contribution is -0.139. The molecule has 1 aliphatic rings. The molecule has 0 saturated carbocycles. The molecule has 1 aromatic heterocycles. The molecule has 6 rings (SSSR count). The van der Waals surface area contributed by atoms with E-state index in [0.717, 1.165) is 22.1 Å². The first-order valence-corrected chi connectivity index (χ1v) is 14.8. The van der Waals surface area contributed by atoms with E-state index in [1.807, 2.05) is 60.7 Å². The predicted molar refractivity (Wildman–Crippen MR) is 167 cm³/mol. The van der Waals surface area contributed by atoms with Gasteiger partial charge in [0.2, 0.25) is 0 Å². The van der Waals surface area contributed by atoms with E-state index in [-0.39, 0.29) is 12.2 Å². The lowest BCUT2D eigenvalue weighted by Gasteiger charge is -2.24. The maximum Gasteiger partial charge on any atom is 0.338 e. The number of hydrogen-bond acceptors (Lipinski definition) is 6. The standard InChI is InChI=1S/C34H27ClN2O4S/c1-3-40-33(39)30-21(2)36-34-37(31(30)24-14-16-26(35)17-15-24)32(38)29(42-34)19-22-8-6-12-27(18-22)41-20-25-11-7-10-23-9-4-5-13-28(23)25/h4-19,31H,3,20H2,1-2H3/b29-19-. The van der Waals surface area contributed by atoms with Gasteiger partial charge in [-0.1, -0.05) is 89.7 Å². The van der Waals surface area contributed by atoms with Gasteiger partial charge in [-0.3, -0.25) is 9.36 Å². The molecule has 0 fully saturated rings. The largest absolute Gasteiger partial charge is 0.489 e. The Balaban J connectivity index is 1.36. The van der Waals surface area contributed by atoms with Crippen molar-refractivity contribution in [2.24, 2.45) is 4.99 Å². The van der Waals surface area contributed by atoms with Crippen LogP contribution in [-0.4, -0.2) is 17.1 Å². The molecule has 5 aromatic rings. The molecule has 0 amide bonds. The van der Waals surface area contributed by atoms with E-state index in [9.17, 15) is 9.59 Å². The average Bonchev–Trinajstić information content (AvgIpc) is 3.29. The van der Waals surface area contributed by atoms with Crippen LogP contribution in [0.3, 0.4) is 0 Å². The number of ether oxygens (including phenoxy) is 2. The van der Waals surface area contributed by atoms with Crippen LogP contribution in [0.25, 0.3) is 16.8 Å². The highest BCUT2D eigenvalue weighted by Gasteiger charge is 2.33. The Kier molecular flexibility index (Phi) is 7.78. The number of rotatable bonds is 7. The Morgan fingerprint density at radius 3 is 2.60 bits per heavy atom. The normalized spacial score (nSPS) is 14.9. The average molecular weight is 595 g/mol. The van der Waals surface area contributed by atoms with Crippen LogP contribution in [0.5, 0.6) is 5.75 Å². The maximum atomic E-state index is 13.9. The Labute approximate surface area is 251 Å². The summed E-state index contributed by atoms with van der Waals surface area (Å²) in [6.07, 6.45) is 1.83. The third kappa shape index (κ3) is 5.41. The molecule has 0 saturated heterocycles. The molecule has 1 atom stereocenters. The summed E-state index contributed by atoms with van der Waals surface area (Å²) < 4.78 is 13.6. The van der Waals surface area contributed by atoms with Crippen LogP contribution in [-0.2, 0) is 16.1 Å². The number of thiazole rings is 1. The topological polar surface area (TPSA) is 69.9 Å². The number of hydrogen-bond donors (Lipinski definition) is 0. The Morgan fingerprint density at radius 1 is 1.02 bits per heavy atom. The van der Waals surface area contributed by atoms with Crippen molar-refractivity contribution in [3.05, 3.63) is 144 Å². The van der Waals surface area contributed by atoms with Crippen LogP contribution in [0.15, 0.2) is 112 Å². The molecule has 0 aliphatic carbocycles. The smallest absolute Gasteiger partial charge is 0.338 e. The molecule has 42 heavy (non-hydrogen) atoms. The monoisotopic (exact) mass is 594 g/mol. The minimum atomic E-state index is -0.685. The summed E-state index contributed by atoms with van der Waals surface area (Å²) in [5.74, 6) is 0.202. The first-order valence-electron chi connectivity index (χ1n) is 13.6. The van der Waals surface area contributed by atoms with Gasteiger partial charge in [0.05, 0.1) is 28.5 Å². The van der Waals surface area contributed by atoms with Crippen molar-refractivity contribution in [2.45, 2.75) is 26.5 Å². The summed E-state index contributed by atoms with van der Waals surface area (Å²) in [6, 6.07) is 28.5. The number of esters is 1. The van der Waals surface area contributed by atoms with Gasteiger partial charge in [-0.15, -0.1) is 0 Å². The quantitative estimate of drug-likeness (QED) is 0.211. The fraction of sp³-hybridized carbons (Fsp3) is 0.147. The minimum Gasteiger partial charge on any atom is -0.489 e. The first-order chi connectivity index (χ1) is 20.4. The zero-order valence-corrected chi connectivity index (χ0v) is 24.6. The summed E-state index contributed by atoms with van der Waals surface area (Å²) in [7, 11) is 0. The molecule has 0 spiro atoms. The molecule has 0 radical (unpaired) electrons. The van der Waals surface area contributed by atoms with Crippen molar-refractivity contribution in [2.75, 3.05) is 6.61 Å². The highest BCUT2D eigenvalue weighted by molar-refractivity contribution is 7.07. The first kappa shape index (κ1) is 27.7. The predicted octanol–water partition coefficient (Wildman–Crippen LogP) is 6.18. The highest BCUT2D eigenvalue weighted by Crippen LogP contribution is 2.31. The van der Waals surface area contributed by atoms with Crippen LogP contribution in [0.4, 0.5) is 0 Å². The Morgan fingerprint density at radius 2 is 1.79 bits per heavy atom. The number of carbonyl (C=O) groups is 1. The van der Waals surface area contributed by atoms with Gasteiger partial charge in [0.25, 0.3) is 5.56 Å². The van der Waals surface area contributed by atoms with Gasteiger partial charge < -0.3 is 9.47 Å². The summed E-state index contributed by atoms with van der Waals surface area (Å²) in [5, 5.41) is 2.89. The number of halogens is 1. The van der Waals surface area contributed by atoms with Crippen molar-refractivity contribution >= 4 is 45.8 Å². The molecule has 0 N–H and O–H groups in total. The number of fused-ring (bicyclic) bond motifs is 2.